The standard InChI is InChI=1S/C20H20N2O2S/c1-3-13(2)21-19(23)15-10-8-14(9-11-15)12-18-20(24)22-16-6-4-5-7-17(16)25-18/h4-13H,3H2,1-2H3,(H,21,23)(H,22,24)/b18-12+/t13-/m1/s1. The van der Waals surface area contributed by atoms with Gasteiger partial charge in [0.05, 0.1) is 10.6 Å². The summed E-state index contributed by atoms with van der Waals surface area (Å²) < 4.78 is 0. The zero-order valence-corrected chi connectivity index (χ0v) is 15.0. The van der Waals surface area contributed by atoms with E-state index in [2.05, 4.69) is 10.6 Å². The zero-order chi connectivity index (χ0) is 17.8. The summed E-state index contributed by atoms with van der Waals surface area (Å²) in [4.78, 5) is 26.0. The molecule has 1 aliphatic heterocycles. The van der Waals surface area contributed by atoms with E-state index in [1.54, 1.807) is 12.1 Å². The summed E-state index contributed by atoms with van der Waals surface area (Å²) in [6, 6.07) is 15.1. The molecular formula is C20H20N2O2S. The van der Waals surface area contributed by atoms with Crippen molar-refractivity contribution in [2.24, 2.45) is 0 Å². The van der Waals surface area contributed by atoms with E-state index in [1.807, 2.05) is 56.3 Å². The molecule has 0 fully saturated rings. The summed E-state index contributed by atoms with van der Waals surface area (Å²) in [6.07, 6.45) is 2.73. The van der Waals surface area contributed by atoms with E-state index in [9.17, 15) is 9.59 Å². The first-order valence-corrected chi connectivity index (χ1v) is 9.09. The second-order valence-corrected chi connectivity index (χ2v) is 7.05. The molecule has 0 spiro atoms. The van der Waals surface area contributed by atoms with Crippen molar-refractivity contribution in [3.8, 4) is 0 Å². The number of benzene rings is 2. The Balaban J connectivity index is 1.76. The Kier molecular flexibility index (Phi) is 5.24. The molecule has 2 aromatic rings. The van der Waals surface area contributed by atoms with Crippen LogP contribution in [0.25, 0.3) is 6.08 Å². The van der Waals surface area contributed by atoms with Crippen molar-refractivity contribution in [3.63, 3.8) is 0 Å². The molecule has 0 aliphatic carbocycles. The van der Waals surface area contributed by atoms with Gasteiger partial charge in [0, 0.05) is 16.5 Å². The number of carbonyl (C=O) groups is 2. The first-order valence-electron chi connectivity index (χ1n) is 8.27. The maximum atomic E-state index is 12.2. The highest BCUT2D eigenvalue weighted by Crippen LogP contribution is 2.38. The van der Waals surface area contributed by atoms with Crippen molar-refractivity contribution in [1.29, 1.82) is 0 Å². The lowest BCUT2D eigenvalue weighted by Gasteiger charge is -2.18. The fourth-order valence-corrected chi connectivity index (χ4v) is 3.35. The van der Waals surface area contributed by atoms with E-state index in [-0.39, 0.29) is 17.9 Å². The highest BCUT2D eigenvalue weighted by Gasteiger charge is 2.20. The molecule has 4 nitrogen and oxygen atoms in total. The first kappa shape index (κ1) is 17.3. The van der Waals surface area contributed by atoms with Gasteiger partial charge in [0.25, 0.3) is 11.8 Å². The summed E-state index contributed by atoms with van der Waals surface area (Å²) in [5.74, 6) is -0.186. The van der Waals surface area contributed by atoms with E-state index in [0.29, 0.717) is 10.5 Å². The Morgan fingerprint density at radius 1 is 1.20 bits per heavy atom. The molecule has 0 aromatic heterocycles. The largest absolute Gasteiger partial charge is 0.350 e. The maximum Gasteiger partial charge on any atom is 0.262 e. The molecule has 1 aliphatic rings. The second-order valence-electron chi connectivity index (χ2n) is 5.97. The zero-order valence-electron chi connectivity index (χ0n) is 14.2. The predicted molar refractivity (Wildman–Crippen MR) is 103 cm³/mol. The van der Waals surface area contributed by atoms with Crippen LogP contribution in [0.5, 0.6) is 0 Å². The quantitative estimate of drug-likeness (QED) is 0.807. The van der Waals surface area contributed by atoms with Gasteiger partial charge in [-0.15, -0.1) is 0 Å². The fourth-order valence-electron chi connectivity index (χ4n) is 2.39. The van der Waals surface area contributed by atoms with Gasteiger partial charge in [-0.3, -0.25) is 9.59 Å². The van der Waals surface area contributed by atoms with Crippen LogP contribution in [0.1, 0.15) is 36.2 Å². The van der Waals surface area contributed by atoms with Crippen molar-refractivity contribution in [2.75, 3.05) is 5.32 Å². The lowest BCUT2D eigenvalue weighted by molar-refractivity contribution is -0.112. The van der Waals surface area contributed by atoms with Gasteiger partial charge in [-0.05, 0) is 49.2 Å². The van der Waals surface area contributed by atoms with Gasteiger partial charge in [0.2, 0.25) is 0 Å². The number of rotatable bonds is 4. The molecule has 0 saturated carbocycles. The highest BCUT2D eigenvalue weighted by molar-refractivity contribution is 8.04. The Morgan fingerprint density at radius 2 is 1.92 bits per heavy atom. The molecular weight excluding hydrogens is 332 g/mol. The second kappa shape index (κ2) is 7.57. The van der Waals surface area contributed by atoms with Crippen LogP contribution in [0.4, 0.5) is 5.69 Å². The summed E-state index contributed by atoms with van der Waals surface area (Å²) in [5.41, 5.74) is 2.34. The highest BCUT2D eigenvalue weighted by atomic mass is 32.2. The molecule has 5 heteroatoms. The number of para-hydroxylation sites is 1. The number of hydrogen-bond acceptors (Lipinski definition) is 3. The van der Waals surface area contributed by atoms with Crippen molar-refractivity contribution in [3.05, 3.63) is 64.6 Å². The van der Waals surface area contributed by atoms with Crippen molar-refractivity contribution >= 4 is 35.3 Å². The molecule has 25 heavy (non-hydrogen) atoms. The normalized spacial score (nSPS) is 16.1. The third kappa shape index (κ3) is 4.12. The number of thioether (sulfide) groups is 1. The Labute approximate surface area is 151 Å². The summed E-state index contributed by atoms with van der Waals surface area (Å²) in [7, 11) is 0. The van der Waals surface area contributed by atoms with Gasteiger partial charge in [-0.25, -0.2) is 0 Å². The van der Waals surface area contributed by atoms with E-state index in [4.69, 9.17) is 0 Å². The van der Waals surface area contributed by atoms with E-state index in [1.165, 1.54) is 11.8 Å². The number of amides is 2. The molecule has 1 heterocycles. The minimum Gasteiger partial charge on any atom is -0.350 e. The van der Waals surface area contributed by atoms with Gasteiger partial charge >= 0.3 is 0 Å². The third-order valence-corrected chi connectivity index (χ3v) is 5.14. The minimum atomic E-state index is -0.109. The molecule has 0 unspecified atom stereocenters. The Hall–Kier alpha value is -2.53. The average molecular weight is 352 g/mol. The topological polar surface area (TPSA) is 58.2 Å². The molecule has 3 rings (SSSR count). The van der Waals surface area contributed by atoms with Crippen LogP contribution in [0, 0.1) is 0 Å². The van der Waals surface area contributed by atoms with Crippen molar-refractivity contribution < 1.29 is 9.59 Å². The minimum absolute atomic E-state index is 0.0766. The molecule has 0 radical (unpaired) electrons. The molecule has 1 atom stereocenters. The van der Waals surface area contributed by atoms with Crippen molar-refractivity contribution in [1.82, 2.24) is 5.32 Å². The predicted octanol–water partition coefficient (Wildman–Crippen LogP) is 4.30. The number of anilines is 1. The van der Waals surface area contributed by atoms with E-state index in [0.717, 1.165) is 22.6 Å². The monoisotopic (exact) mass is 352 g/mol. The van der Waals surface area contributed by atoms with Crippen LogP contribution in [0.3, 0.4) is 0 Å². The smallest absolute Gasteiger partial charge is 0.262 e. The molecule has 0 saturated heterocycles. The lowest BCUT2D eigenvalue weighted by Crippen LogP contribution is -2.31. The maximum absolute atomic E-state index is 12.2. The molecule has 2 aromatic carbocycles. The number of hydrogen-bond donors (Lipinski definition) is 2. The lowest BCUT2D eigenvalue weighted by atomic mass is 10.1. The SMILES string of the molecule is CC[C@@H](C)NC(=O)c1ccc(/C=C2/Sc3ccccc3NC2=O)cc1. The summed E-state index contributed by atoms with van der Waals surface area (Å²) in [5, 5.41) is 5.84. The summed E-state index contributed by atoms with van der Waals surface area (Å²) >= 11 is 1.45. The van der Waals surface area contributed by atoms with Gasteiger partial charge in [0.1, 0.15) is 0 Å². The van der Waals surface area contributed by atoms with Gasteiger partial charge in [0.15, 0.2) is 0 Å². The number of carbonyl (C=O) groups excluding carboxylic acids is 2. The van der Waals surface area contributed by atoms with Crippen LogP contribution >= 0.6 is 11.8 Å². The van der Waals surface area contributed by atoms with E-state index >= 15 is 0 Å². The molecule has 128 valence electrons. The van der Waals surface area contributed by atoms with Crippen LogP contribution < -0.4 is 10.6 Å². The number of nitrogens with one attached hydrogen (secondary N) is 2. The third-order valence-electron chi connectivity index (χ3n) is 4.04. The molecule has 0 bridgehead atoms. The van der Waals surface area contributed by atoms with Crippen LogP contribution in [0.2, 0.25) is 0 Å². The Bertz CT molecular complexity index is 828. The van der Waals surface area contributed by atoms with Gasteiger partial charge < -0.3 is 10.6 Å². The van der Waals surface area contributed by atoms with Crippen LogP contribution in [-0.2, 0) is 4.79 Å². The van der Waals surface area contributed by atoms with Gasteiger partial charge in [-0.2, -0.15) is 0 Å². The molecule has 2 N–H and O–H groups in total. The fraction of sp³-hybridized carbons (Fsp3) is 0.200. The van der Waals surface area contributed by atoms with Crippen molar-refractivity contribution in [2.45, 2.75) is 31.2 Å². The molecule has 2 amide bonds. The first-order chi connectivity index (χ1) is 12.1. The Morgan fingerprint density at radius 3 is 2.64 bits per heavy atom. The van der Waals surface area contributed by atoms with E-state index < -0.39 is 0 Å². The van der Waals surface area contributed by atoms with Crippen LogP contribution in [0.15, 0.2) is 58.3 Å². The van der Waals surface area contributed by atoms with Gasteiger partial charge in [-0.1, -0.05) is 43.0 Å². The average Bonchev–Trinajstić information content (AvgIpc) is 2.62. The van der Waals surface area contributed by atoms with Crippen LogP contribution in [-0.4, -0.2) is 17.9 Å². The summed E-state index contributed by atoms with van der Waals surface area (Å²) in [6.45, 7) is 4.01. The number of fused-ring (bicyclic) bond motifs is 1.